The molecule has 0 amide bonds. The number of fused-ring (bicyclic) bond motifs is 3. The lowest BCUT2D eigenvalue weighted by Crippen LogP contribution is -2.38. The number of carbonyl (C=O) groups excluding carboxylic acids is 2. The summed E-state index contributed by atoms with van der Waals surface area (Å²) in [4.78, 5) is 29.9. The van der Waals surface area contributed by atoms with E-state index in [4.69, 9.17) is 18.3 Å². The first-order valence-corrected chi connectivity index (χ1v) is 15.2. The van der Waals surface area contributed by atoms with Crippen LogP contribution >= 0.6 is 0 Å². The summed E-state index contributed by atoms with van der Waals surface area (Å²) in [6, 6.07) is 28.0. The molecular weight excluding hydrogens is 566 g/mol. The van der Waals surface area contributed by atoms with Crippen molar-refractivity contribution in [2.45, 2.75) is 13.8 Å². The zero-order chi connectivity index (χ0) is 30.9. The molecule has 45 heavy (non-hydrogen) atoms. The van der Waals surface area contributed by atoms with Crippen molar-refractivity contribution in [3.8, 4) is 16.9 Å². The molecule has 226 valence electrons. The summed E-state index contributed by atoms with van der Waals surface area (Å²) < 4.78 is 24.0. The topological polar surface area (TPSA) is 82.1 Å². The van der Waals surface area contributed by atoms with Gasteiger partial charge in [0, 0.05) is 47.3 Å². The van der Waals surface area contributed by atoms with Gasteiger partial charge >= 0.3 is 0 Å². The predicted molar refractivity (Wildman–Crippen MR) is 173 cm³/mol. The van der Waals surface area contributed by atoms with Crippen molar-refractivity contribution in [1.29, 1.82) is 0 Å². The predicted octanol–water partition coefficient (Wildman–Crippen LogP) is 7.64. The first-order chi connectivity index (χ1) is 22.0. The fraction of sp³-hybridized carbons (Fsp3) is 0.211. The Morgan fingerprint density at radius 2 is 1.42 bits per heavy atom. The van der Waals surface area contributed by atoms with Gasteiger partial charge in [0.15, 0.2) is 11.5 Å². The molecule has 0 N–H and O–H groups in total. The third kappa shape index (κ3) is 5.57. The summed E-state index contributed by atoms with van der Waals surface area (Å²) in [5.74, 6) is 0.748. The van der Waals surface area contributed by atoms with E-state index in [0.717, 1.165) is 54.9 Å². The average Bonchev–Trinajstić information content (AvgIpc) is 3.64. The number of furan rings is 2. The van der Waals surface area contributed by atoms with Gasteiger partial charge in [-0.25, -0.2) is 0 Å². The highest BCUT2D eigenvalue weighted by atomic mass is 16.5. The molecule has 3 heterocycles. The number of morpholine rings is 1. The number of rotatable bonds is 9. The van der Waals surface area contributed by atoms with Crippen molar-refractivity contribution in [1.82, 2.24) is 4.90 Å². The minimum absolute atomic E-state index is 0.190. The van der Waals surface area contributed by atoms with Gasteiger partial charge in [0.25, 0.3) is 0 Å². The van der Waals surface area contributed by atoms with Crippen LogP contribution in [0.25, 0.3) is 33.1 Å². The maximum absolute atomic E-state index is 14.0. The molecule has 7 heteroatoms. The Labute approximate surface area is 261 Å². The van der Waals surface area contributed by atoms with Crippen molar-refractivity contribution < 1.29 is 27.9 Å². The second kappa shape index (κ2) is 12.2. The van der Waals surface area contributed by atoms with Gasteiger partial charge in [-0.15, -0.1) is 0 Å². The van der Waals surface area contributed by atoms with Crippen molar-refractivity contribution in [2.75, 3.05) is 39.5 Å². The lowest BCUT2D eigenvalue weighted by atomic mass is 9.96. The van der Waals surface area contributed by atoms with Gasteiger partial charge in [-0.1, -0.05) is 60.2 Å². The zero-order valence-corrected chi connectivity index (χ0v) is 25.3. The van der Waals surface area contributed by atoms with Crippen LogP contribution in [0.1, 0.15) is 43.4 Å². The molecule has 0 radical (unpaired) electrons. The van der Waals surface area contributed by atoms with Crippen molar-refractivity contribution in [3.05, 3.63) is 125 Å². The molecule has 0 saturated carbocycles. The van der Waals surface area contributed by atoms with Crippen LogP contribution in [0.3, 0.4) is 0 Å². The molecule has 2 aromatic heterocycles. The summed E-state index contributed by atoms with van der Waals surface area (Å²) in [5.41, 5.74) is 5.33. The van der Waals surface area contributed by atoms with Crippen LogP contribution in [0.5, 0.6) is 5.75 Å². The van der Waals surface area contributed by atoms with Gasteiger partial charge in [-0.3, -0.25) is 14.5 Å². The number of benzene rings is 4. The van der Waals surface area contributed by atoms with E-state index in [1.807, 2.05) is 92.7 Å². The molecular formula is C38H33NO6. The number of aryl methyl sites for hydroxylation is 2. The zero-order valence-electron chi connectivity index (χ0n) is 25.3. The van der Waals surface area contributed by atoms with Crippen molar-refractivity contribution in [2.24, 2.45) is 0 Å². The maximum Gasteiger partial charge on any atom is 0.228 e. The molecule has 6 aromatic rings. The van der Waals surface area contributed by atoms with Crippen LogP contribution in [-0.2, 0) is 4.74 Å². The van der Waals surface area contributed by atoms with Crippen LogP contribution in [0.15, 0.2) is 99.8 Å². The summed E-state index contributed by atoms with van der Waals surface area (Å²) in [6.07, 6.45) is 0. The van der Waals surface area contributed by atoms with Gasteiger partial charge in [-0.05, 0) is 55.8 Å². The van der Waals surface area contributed by atoms with Gasteiger partial charge in [0.05, 0.1) is 18.6 Å². The number of ketones is 2. The SMILES string of the molecule is Cc1ccc(C(=O)c2oc3c(ccc4oc(C(=O)c5ccc(OCCN6CCOCC6)cc5)c(-c5ccccc5)c43)c2C)cc1. The van der Waals surface area contributed by atoms with E-state index in [2.05, 4.69) is 4.90 Å². The second-order valence-corrected chi connectivity index (χ2v) is 11.4. The fourth-order valence-corrected chi connectivity index (χ4v) is 5.91. The number of carbonyl (C=O) groups is 2. The van der Waals surface area contributed by atoms with Crippen LogP contribution < -0.4 is 4.74 Å². The summed E-state index contributed by atoms with van der Waals surface area (Å²) in [5, 5.41) is 1.46. The Bertz CT molecular complexity index is 2000. The largest absolute Gasteiger partial charge is 0.492 e. The molecule has 1 aliphatic rings. The molecule has 0 atom stereocenters. The lowest BCUT2D eigenvalue weighted by Gasteiger charge is -2.26. The maximum atomic E-state index is 14.0. The molecule has 0 aliphatic carbocycles. The van der Waals surface area contributed by atoms with Crippen LogP contribution in [0, 0.1) is 13.8 Å². The highest BCUT2D eigenvalue weighted by Gasteiger charge is 2.28. The Morgan fingerprint density at radius 1 is 0.756 bits per heavy atom. The van der Waals surface area contributed by atoms with Crippen LogP contribution in [0.4, 0.5) is 0 Å². The summed E-state index contributed by atoms with van der Waals surface area (Å²) in [7, 11) is 0. The van der Waals surface area contributed by atoms with E-state index in [1.165, 1.54) is 0 Å². The van der Waals surface area contributed by atoms with E-state index in [1.54, 1.807) is 12.1 Å². The standard InChI is InChI=1S/C38H33NO6/c1-24-8-10-27(11-9-24)34(40)36-25(2)30-16-17-31-33(37(30)45-36)32(26-6-4-3-5-7-26)38(44-31)35(41)28-12-14-29(15-13-28)43-23-20-39-18-21-42-22-19-39/h3-17H,18-23H2,1-2H3. The smallest absolute Gasteiger partial charge is 0.228 e. The third-order valence-corrected chi connectivity index (χ3v) is 8.44. The Morgan fingerprint density at radius 3 is 2.13 bits per heavy atom. The summed E-state index contributed by atoms with van der Waals surface area (Å²) in [6.45, 7) is 8.57. The Hall–Kier alpha value is -4.98. The highest BCUT2D eigenvalue weighted by molar-refractivity contribution is 6.21. The number of nitrogens with zero attached hydrogens (tertiary/aromatic N) is 1. The minimum Gasteiger partial charge on any atom is -0.492 e. The third-order valence-electron chi connectivity index (χ3n) is 8.44. The Kier molecular flexibility index (Phi) is 7.79. The summed E-state index contributed by atoms with van der Waals surface area (Å²) >= 11 is 0. The van der Waals surface area contributed by atoms with E-state index >= 15 is 0 Å². The Balaban J connectivity index is 1.25. The van der Waals surface area contributed by atoms with E-state index in [9.17, 15) is 9.59 Å². The normalized spacial score (nSPS) is 13.8. The van der Waals surface area contributed by atoms with Gasteiger partial charge in [0.2, 0.25) is 11.6 Å². The number of ether oxygens (including phenoxy) is 2. The van der Waals surface area contributed by atoms with E-state index in [0.29, 0.717) is 45.6 Å². The monoisotopic (exact) mass is 599 g/mol. The quantitative estimate of drug-likeness (QED) is 0.158. The highest BCUT2D eigenvalue weighted by Crippen LogP contribution is 2.42. The molecule has 1 fully saturated rings. The van der Waals surface area contributed by atoms with Crippen molar-refractivity contribution >= 4 is 33.5 Å². The second-order valence-electron chi connectivity index (χ2n) is 11.4. The average molecular weight is 600 g/mol. The lowest BCUT2D eigenvalue weighted by molar-refractivity contribution is 0.0322. The molecule has 7 rings (SSSR count). The molecule has 0 unspecified atom stereocenters. The van der Waals surface area contributed by atoms with Gasteiger partial charge < -0.3 is 18.3 Å². The molecule has 7 nitrogen and oxygen atoms in total. The van der Waals surface area contributed by atoms with Gasteiger partial charge in [0.1, 0.15) is 23.5 Å². The number of hydrogen-bond acceptors (Lipinski definition) is 7. The number of hydrogen-bond donors (Lipinski definition) is 0. The van der Waals surface area contributed by atoms with E-state index < -0.39 is 0 Å². The molecule has 1 aliphatic heterocycles. The van der Waals surface area contributed by atoms with Crippen molar-refractivity contribution in [3.63, 3.8) is 0 Å². The first kappa shape index (κ1) is 28.8. The molecule has 4 aromatic carbocycles. The van der Waals surface area contributed by atoms with E-state index in [-0.39, 0.29) is 23.1 Å². The minimum atomic E-state index is -0.252. The molecule has 0 bridgehead atoms. The van der Waals surface area contributed by atoms with Crippen LogP contribution in [0.2, 0.25) is 0 Å². The van der Waals surface area contributed by atoms with Gasteiger partial charge in [-0.2, -0.15) is 0 Å². The molecule has 1 saturated heterocycles. The molecule has 0 spiro atoms. The first-order valence-electron chi connectivity index (χ1n) is 15.2. The fourth-order valence-electron chi connectivity index (χ4n) is 5.91. The van der Waals surface area contributed by atoms with Crippen LogP contribution in [-0.4, -0.2) is 55.9 Å².